The second-order valence-corrected chi connectivity index (χ2v) is 12.0. The van der Waals surface area contributed by atoms with E-state index in [1.54, 1.807) is 18.2 Å². The van der Waals surface area contributed by atoms with Crippen LogP contribution in [0.2, 0.25) is 0 Å². The lowest BCUT2D eigenvalue weighted by molar-refractivity contribution is -0.171. The van der Waals surface area contributed by atoms with Gasteiger partial charge in [0.25, 0.3) is 5.91 Å². The lowest BCUT2D eigenvalue weighted by Crippen LogP contribution is -2.74. The molecule has 3 aliphatic carbocycles. The molecule has 3 aliphatic heterocycles. The number of benzene rings is 2. The molecule has 0 spiro atoms. The van der Waals surface area contributed by atoms with Crippen LogP contribution < -0.4 is 0 Å². The summed E-state index contributed by atoms with van der Waals surface area (Å²) >= 11 is 0. The molecule has 2 aromatic carbocycles. The molecule has 5 fully saturated rings. The summed E-state index contributed by atoms with van der Waals surface area (Å²) in [7, 11) is 0. The van der Waals surface area contributed by atoms with Crippen molar-refractivity contribution < 1.29 is 14.6 Å². The first-order chi connectivity index (χ1) is 17.5. The van der Waals surface area contributed by atoms with Crippen molar-refractivity contribution in [3.63, 3.8) is 0 Å². The molecule has 6 heteroatoms. The van der Waals surface area contributed by atoms with Crippen molar-refractivity contribution in [1.82, 2.24) is 9.80 Å². The number of aromatic hydroxyl groups is 1. The molecule has 6 aliphatic rings. The van der Waals surface area contributed by atoms with Crippen molar-refractivity contribution in [2.45, 2.75) is 67.7 Å². The number of hydrogen-bond donors (Lipinski definition) is 1. The van der Waals surface area contributed by atoms with Crippen LogP contribution in [0.4, 0.5) is 0 Å². The Balaban J connectivity index is 1.23. The van der Waals surface area contributed by atoms with E-state index in [0.29, 0.717) is 29.5 Å². The summed E-state index contributed by atoms with van der Waals surface area (Å²) in [6.07, 6.45) is 6.63. The van der Waals surface area contributed by atoms with E-state index in [2.05, 4.69) is 17.0 Å². The number of carbonyl (C=O) groups is 1. The number of nitriles is 1. The minimum absolute atomic E-state index is 0.00802. The molecule has 2 saturated carbocycles. The summed E-state index contributed by atoms with van der Waals surface area (Å²) < 4.78 is 7.25. The normalized spacial score (nSPS) is 37.8. The number of amides is 1. The Morgan fingerprint density at radius 3 is 2.89 bits per heavy atom. The lowest BCUT2D eigenvalue weighted by Gasteiger charge is -2.64. The third kappa shape index (κ3) is 2.55. The molecule has 8 rings (SSSR count). The van der Waals surface area contributed by atoms with E-state index in [0.717, 1.165) is 38.1 Å². The molecular formula is C30H31N3O3. The van der Waals surface area contributed by atoms with Crippen LogP contribution in [0.3, 0.4) is 0 Å². The number of ether oxygens (including phenoxy) is 1. The van der Waals surface area contributed by atoms with Gasteiger partial charge in [-0.2, -0.15) is 5.26 Å². The number of likely N-dealkylation sites (tertiary alicyclic amines) is 2. The van der Waals surface area contributed by atoms with Crippen LogP contribution in [0.25, 0.3) is 0 Å². The quantitative estimate of drug-likeness (QED) is 0.725. The van der Waals surface area contributed by atoms with Gasteiger partial charge in [-0.15, -0.1) is 0 Å². The van der Waals surface area contributed by atoms with Gasteiger partial charge < -0.3 is 14.7 Å². The molecule has 184 valence electrons. The van der Waals surface area contributed by atoms with Crippen molar-refractivity contribution >= 4 is 5.91 Å². The average Bonchev–Trinajstić information content (AvgIpc) is 3.59. The lowest BCUT2D eigenvalue weighted by atomic mass is 9.46. The second-order valence-electron chi connectivity index (χ2n) is 12.0. The van der Waals surface area contributed by atoms with Gasteiger partial charge in [-0.05, 0) is 92.4 Å². The average molecular weight is 482 g/mol. The van der Waals surface area contributed by atoms with Gasteiger partial charge in [-0.3, -0.25) is 9.69 Å². The zero-order valence-electron chi connectivity index (χ0n) is 20.4. The molecule has 0 aromatic heterocycles. The molecule has 5 unspecified atom stereocenters. The highest BCUT2D eigenvalue weighted by Crippen LogP contribution is 2.69. The molecule has 4 bridgehead atoms. The number of hydrogen-bond acceptors (Lipinski definition) is 5. The first kappa shape index (κ1) is 21.2. The smallest absolute Gasteiger partial charge is 0.254 e. The Labute approximate surface area is 211 Å². The molecule has 3 saturated heterocycles. The number of fused-ring (bicyclic) bond motifs is 1. The van der Waals surface area contributed by atoms with Gasteiger partial charge in [0.05, 0.1) is 23.3 Å². The van der Waals surface area contributed by atoms with Crippen LogP contribution in [-0.4, -0.2) is 64.2 Å². The second kappa shape index (κ2) is 7.12. The van der Waals surface area contributed by atoms with E-state index in [-0.39, 0.29) is 35.0 Å². The third-order valence-electron chi connectivity index (χ3n) is 10.5. The summed E-state index contributed by atoms with van der Waals surface area (Å²) in [5.74, 6) is 1.41. The summed E-state index contributed by atoms with van der Waals surface area (Å²) in [5.41, 5.74) is 3.33. The monoisotopic (exact) mass is 481 g/mol. The Bertz CT molecular complexity index is 1330. The fourth-order valence-corrected chi connectivity index (χ4v) is 9.14. The number of nitrogens with zero attached hydrogens (tertiary/aromatic N) is 3. The van der Waals surface area contributed by atoms with Crippen LogP contribution in [0.15, 0.2) is 42.5 Å². The SMILES string of the molecule is N#Cc1cccc(C(=O)N2C[C@H]3OC45CCC2C3C42CCN(CC3CC3)C5Cc3ccc(O)cc32)c1. The fraction of sp³-hybridized carbons (Fsp3) is 0.533. The van der Waals surface area contributed by atoms with E-state index in [1.165, 1.54) is 30.5 Å². The van der Waals surface area contributed by atoms with Crippen LogP contribution in [0.1, 0.15) is 59.2 Å². The largest absolute Gasteiger partial charge is 0.508 e. The highest BCUT2D eigenvalue weighted by molar-refractivity contribution is 5.95. The molecule has 1 N–H and O–H groups in total. The maximum absolute atomic E-state index is 13.8. The van der Waals surface area contributed by atoms with Crippen molar-refractivity contribution in [3.05, 3.63) is 64.7 Å². The molecule has 6 nitrogen and oxygen atoms in total. The first-order valence-corrected chi connectivity index (χ1v) is 13.6. The van der Waals surface area contributed by atoms with E-state index >= 15 is 0 Å². The van der Waals surface area contributed by atoms with Crippen LogP contribution in [0, 0.1) is 23.2 Å². The van der Waals surface area contributed by atoms with Crippen LogP contribution in [-0.2, 0) is 16.6 Å². The summed E-state index contributed by atoms with van der Waals surface area (Å²) in [4.78, 5) is 18.5. The summed E-state index contributed by atoms with van der Waals surface area (Å²) in [5, 5.41) is 19.9. The molecule has 6 atom stereocenters. The molecule has 2 aromatic rings. The maximum atomic E-state index is 13.8. The van der Waals surface area contributed by atoms with E-state index in [1.807, 2.05) is 23.1 Å². The summed E-state index contributed by atoms with van der Waals surface area (Å²) in [6.45, 7) is 2.85. The Morgan fingerprint density at radius 2 is 2.06 bits per heavy atom. The van der Waals surface area contributed by atoms with Crippen molar-refractivity contribution in [2.24, 2.45) is 11.8 Å². The maximum Gasteiger partial charge on any atom is 0.254 e. The number of piperidine rings is 1. The molecule has 0 radical (unpaired) electrons. The van der Waals surface area contributed by atoms with Gasteiger partial charge in [0.15, 0.2) is 0 Å². The Kier molecular flexibility index (Phi) is 4.20. The van der Waals surface area contributed by atoms with E-state index < -0.39 is 0 Å². The van der Waals surface area contributed by atoms with Gasteiger partial charge in [-0.25, -0.2) is 0 Å². The Hall–Kier alpha value is -2.88. The highest BCUT2D eigenvalue weighted by atomic mass is 16.5. The number of phenolic OH excluding ortho intramolecular Hbond substituents is 1. The van der Waals surface area contributed by atoms with E-state index in [9.17, 15) is 15.2 Å². The minimum Gasteiger partial charge on any atom is -0.508 e. The fourth-order valence-electron chi connectivity index (χ4n) is 9.14. The predicted molar refractivity (Wildman–Crippen MR) is 133 cm³/mol. The van der Waals surface area contributed by atoms with Crippen molar-refractivity contribution in [1.29, 1.82) is 5.26 Å². The zero-order valence-corrected chi connectivity index (χ0v) is 20.4. The zero-order chi connectivity index (χ0) is 24.2. The van der Waals surface area contributed by atoms with Gasteiger partial charge in [0.2, 0.25) is 0 Å². The Morgan fingerprint density at radius 1 is 1.17 bits per heavy atom. The van der Waals surface area contributed by atoms with Crippen molar-refractivity contribution in [3.8, 4) is 11.8 Å². The van der Waals surface area contributed by atoms with Gasteiger partial charge >= 0.3 is 0 Å². The standard InChI is InChI=1S/C30H31N3O3/c31-15-19-2-1-3-21(12-19)28(35)33-17-25-27-24(33)8-9-30(36-25)26-13-20-6-7-22(34)14-23(20)29(27,30)10-11-32(26)16-18-4-5-18/h1-3,6-7,12,14,18,24-27,34H,4-5,8-11,13,16-17H2/t24?,25-,26?,27?,29?,30?/m1/s1. The molecule has 1 amide bonds. The molecule has 36 heavy (non-hydrogen) atoms. The van der Waals surface area contributed by atoms with Gasteiger partial charge in [0.1, 0.15) is 5.75 Å². The van der Waals surface area contributed by atoms with Crippen LogP contribution >= 0.6 is 0 Å². The summed E-state index contributed by atoms with van der Waals surface area (Å²) in [6, 6.07) is 15.7. The highest BCUT2D eigenvalue weighted by Gasteiger charge is 2.78. The minimum atomic E-state index is -0.234. The molecular weight excluding hydrogens is 450 g/mol. The van der Waals surface area contributed by atoms with Crippen molar-refractivity contribution in [2.75, 3.05) is 19.6 Å². The third-order valence-corrected chi connectivity index (χ3v) is 10.5. The molecule has 3 heterocycles. The van der Waals surface area contributed by atoms with Crippen LogP contribution in [0.5, 0.6) is 5.75 Å². The van der Waals surface area contributed by atoms with E-state index in [4.69, 9.17) is 4.74 Å². The topological polar surface area (TPSA) is 76.8 Å². The number of carbonyl (C=O) groups excluding carboxylic acids is 1. The first-order valence-electron chi connectivity index (χ1n) is 13.6. The van der Waals surface area contributed by atoms with Gasteiger partial charge in [-0.1, -0.05) is 12.1 Å². The van der Waals surface area contributed by atoms with Gasteiger partial charge in [0, 0.05) is 42.1 Å². The number of phenols is 1. The number of rotatable bonds is 3. The predicted octanol–water partition coefficient (Wildman–Crippen LogP) is 3.61.